The topological polar surface area (TPSA) is 46.2 Å². The molecule has 2 atom stereocenters. The molecule has 0 aromatic rings. The second-order valence-electron chi connectivity index (χ2n) is 4.69. The Labute approximate surface area is 80.3 Å². The molecular formula is C9H14F3NO. The van der Waals surface area contributed by atoms with E-state index in [9.17, 15) is 18.3 Å². The number of rotatable bonds is 0. The first kappa shape index (κ1) is 10.2. The highest BCUT2D eigenvalue weighted by Gasteiger charge is 2.61. The molecule has 0 unspecified atom stereocenters. The van der Waals surface area contributed by atoms with Crippen LogP contribution in [0.3, 0.4) is 0 Å². The van der Waals surface area contributed by atoms with Crippen LogP contribution < -0.4 is 5.73 Å². The summed E-state index contributed by atoms with van der Waals surface area (Å²) in [7, 11) is 0. The summed E-state index contributed by atoms with van der Waals surface area (Å²) in [5.74, 6) is -0.0618. The molecule has 0 bridgehead atoms. The van der Waals surface area contributed by atoms with Crippen LogP contribution in [0.5, 0.6) is 0 Å². The van der Waals surface area contributed by atoms with Gasteiger partial charge in [-0.25, -0.2) is 0 Å². The Bertz CT molecular complexity index is 227. The SMILES string of the molecule is NC1C[C@@H]2CC(O)(C(F)(F)F)C[C@H]2C1. The summed E-state index contributed by atoms with van der Waals surface area (Å²) in [6.07, 6.45) is -3.54. The first-order valence-corrected chi connectivity index (χ1v) is 4.86. The predicted molar refractivity (Wildman–Crippen MR) is 44.4 cm³/mol. The number of nitrogens with two attached hydrogens (primary N) is 1. The van der Waals surface area contributed by atoms with Crippen LogP contribution in [0.2, 0.25) is 0 Å². The van der Waals surface area contributed by atoms with Crippen LogP contribution in [0.15, 0.2) is 0 Å². The molecule has 0 radical (unpaired) electrons. The quantitative estimate of drug-likeness (QED) is 0.634. The van der Waals surface area contributed by atoms with Gasteiger partial charge in [-0.2, -0.15) is 13.2 Å². The molecule has 2 nitrogen and oxygen atoms in total. The Hall–Kier alpha value is -0.290. The number of hydrogen-bond acceptors (Lipinski definition) is 2. The molecule has 0 aromatic heterocycles. The van der Waals surface area contributed by atoms with Crippen molar-refractivity contribution < 1.29 is 18.3 Å². The van der Waals surface area contributed by atoms with Gasteiger partial charge < -0.3 is 10.8 Å². The van der Waals surface area contributed by atoms with E-state index in [4.69, 9.17) is 5.73 Å². The highest BCUT2D eigenvalue weighted by atomic mass is 19.4. The van der Waals surface area contributed by atoms with Crippen LogP contribution in [0.25, 0.3) is 0 Å². The number of alkyl halides is 3. The zero-order valence-corrected chi connectivity index (χ0v) is 7.72. The lowest BCUT2D eigenvalue weighted by molar-refractivity contribution is -0.259. The van der Waals surface area contributed by atoms with E-state index >= 15 is 0 Å². The standard InChI is InChI=1S/C9H14F3NO/c10-9(11,12)8(14)3-5-1-7(13)2-6(5)4-8/h5-7,14H,1-4,13H2/t5-,6-,7?,8?/m1/s1. The van der Waals surface area contributed by atoms with Crippen LogP contribution in [0.4, 0.5) is 13.2 Å². The van der Waals surface area contributed by atoms with Crippen molar-refractivity contribution in [2.75, 3.05) is 0 Å². The van der Waals surface area contributed by atoms with Gasteiger partial charge in [-0.1, -0.05) is 0 Å². The number of hydrogen-bond donors (Lipinski definition) is 2. The van der Waals surface area contributed by atoms with Gasteiger partial charge in [0.25, 0.3) is 0 Å². The summed E-state index contributed by atoms with van der Waals surface area (Å²) in [5, 5.41) is 9.45. The third-order valence-electron chi connectivity index (χ3n) is 3.61. The minimum absolute atomic E-state index is 0.0304. The van der Waals surface area contributed by atoms with E-state index in [1.54, 1.807) is 0 Å². The maximum absolute atomic E-state index is 12.5. The van der Waals surface area contributed by atoms with E-state index in [-0.39, 0.29) is 30.7 Å². The molecule has 5 heteroatoms. The van der Waals surface area contributed by atoms with E-state index < -0.39 is 11.8 Å². The van der Waals surface area contributed by atoms with Crippen LogP contribution >= 0.6 is 0 Å². The molecule has 82 valence electrons. The van der Waals surface area contributed by atoms with E-state index in [2.05, 4.69) is 0 Å². The molecule has 0 aromatic carbocycles. The summed E-state index contributed by atoms with van der Waals surface area (Å²) in [5.41, 5.74) is 3.22. The third kappa shape index (κ3) is 1.42. The van der Waals surface area contributed by atoms with Gasteiger partial charge in [0.05, 0.1) is 0 Å². The summed E-state index contributed by atoms with van der Waals surface area (Å²) >= 11 is 0. The zero-order valence-electron chi connectivity index (χ0n) is 7.72. The average Bonchev–Trinajstić information content (AvgIpc) is 2.39. The van der Waals surface area contributed by atoms with Gasteiger partial charge in [0.15, 0.2) is 5.60 Å². The summed E-state index contributed by atoms with van der Waals surface area (Å²) in [6, 6.07) is 0.0304. The van der Waals surface area contributed by atoms with Crippen LogP contribution in [-0.2, 0) is 0 Å². The Morgan fingerprint density at radius 1 is 1.14 bits per heavy atom. The van der Waals surface area contributed by atoms with Gasteiger partial charge in [0.2, 0.25) is 0 Å². The van der Waals surface area contributed by atoms with Gasteiger partial charge in [0.1, 0.15) is 0 Å². The maximum atomic E-state index is 12.5. The maximum Gasteiger partial charge on any atom is 0.417 e. The molecule has 2 fully saturated rings. The second kappa shape index (κ2) is 2.85. The van der Waals surface area contributed by atoms with Gasteiger partial charge >= 0.3 is 6.18 Å². The van der Waals surface area contributed by atoms with E-state index in [0.717, 1.165) is 0 Å². The number of halogens is 3. The molecule has 0 aliphatic heterocycles. The molecule has 0 saturated heterocycles. The monoisotopic (exact) mass is 209 g/mol. The molecule has 2 aliphatic rings. The fourth-order valence-electron chi connectivity index (χ4n) is 2.94. The van der Waals surface area contributed by atoms with Gasteiger partial charge in [-0.05, 0) is 37.5 Å². The number of fused-ring (bicyclic) bond motifs is 1. The van der Waals surface area contributed by atoms with Crippen molar-refractivity contribution in [1.82, 2.24) is 0 Å². The van der Waals surface area contributed by atoms with Crippen molar-refractivity contribution in [2.45, 2.75) is 43.5 Å². The van der Waals surface area contributed by atoms with E-state index in [0.29, 0.717) is 12.8 Å². The summed E-state index contributed by atoms with van der Waals surface area (Å²) < 4.78 is 37.4. The summed E-state index contributed by atoms with van der Waals surface area (Å²) in [4.78, 5) is 0. The van der Waals surface area contributed by atoms with Crippen LogP contribution in [0, 0.1) is 11.8 Å². The second-order valence-corrected chi connectivity index (χ2v) is 4.69. The lowest BCUT2D eigenvalue weighted by atomic mass is 9.97. The van der Waals surface area contributed by atoms with E-state index in [1.807, 2.05) is 0 Å². The molecule has 0 spiro atoms. The molecule has 2 rings (SSSR count). The Morgan fingerprint density at radius 2 is 1.57 bits per heavy atom. The van der Waals surface area contributed by atoms with Crippen molar-refractivity contribution in [1.29, 1.82) is 0 Å². The van der Waals surface area contributed by atoms with Crippen molar-refractivity contribution in [3.63, 3.8) is 0 Å². The molecule has 3 N–H and O–H groups in total. The Balaban J connectivity index is 2.10. The predicted octanol–water partition coefficient (Wildman–Crippen LogP) is 1.43. The highest BCUT2D eigenvalue weighted by Crippen LogP contribution is 2.53. The smallest absolute Gasteiger partial charge is 0.380 e. The van der Waals surface area contributed by atoms with Gasteiger partial charge in [-0.15, -0.1) is 0 Å². The molecule has 2 aliphatic carbocycles. The lowest BCUT2D eigenvalue weighted by Gasteiger charge is -2.26. The first-order chi connectivity index (χ1) is 6.32. The highest BCUT2D eigenvalue weighted by molar-refractivity contribution is 5.03. The molecular weight excluding hydrogens is 195 g/mol. The Kier molecular flexibility index (Phi) is 2.09. The number of aliphatic hydroxyl groups is 1. The molecule has 0 amide bonds. The van der Waals surface area contributed by atoms with Gasteiger partial charge in [-0.3, -0.25) is 0 Å². The van der Waals surface area contributed by atoms with E-state index in [1.165, 1.54) is 0 Å². The summed E-state index contributed by atoms with van der Waals surface area (Å²) in [6.45, 7) is 0. The largest absolute Gasteiger partial charge is 0.417 e. The zero-order chi connectivity index (χ0) is 10.6. The van der Waals surface area contributed by atoms with Crippen LogP contribution in [0.1, 0.15) is 25.7 Å². The minimum Gasteiger partial charge on any atom is -0.380 e. The average molecular weight is 209 g/mol. The first-order valence-electron chi connectivity index (χ1n) is 4.86. The van der Waals surface area contributed by atoms with Gasteiger partial charge in [0, 0.05) is 6.04 Å². The molecule has 0 heterocycles. The Morgan fingerprint density at radius 3 is 1.93 bits per heavy atom. The van der Waals surface area contributed by atoms with Crippen molar-refractivity contribution in [3.05, 3.63) is 0 Å². The van der Waals surface area contributed by atoms with Crippen molar-refractivity contribution >= 4 is 0 Å². The van der Waals surface area contributed by atoms with Crippen molar-refractivity contribution in [3.8, 4) is 0 Å². The normalized spacial score (nSPS) is 37.5. The molecule has 2 saturated carbocycles. The van der Waals surface area contributed by atoms with Crippen LogP contribution in [-0.4, -0.2) is 22.9 Å². The minimum atomic E-state index is -4.48. The fraction of sp³-hybridized carbons (Fsp3) is 1.00. The molecule has 14 heavy (non-hydrogen) atoms. The van der Waals surface area contributed by atoms with Crippen molar-refractivity contribution in [2.24, 2.45) is 17.6 Å². The third-order valence-corrected chi connectivity index (χ3v) is 3.61. The fourth-order valence-corrected chi connectivity index (χ4v) is 2.94. The lowest BCUT2D eigenvalue weighted by Crippen LogP contribution is -2.43.